The second kappa shape index (κ2) is 6.28. The van der Waals surface area contributed by atoms with E-state index in [0.717, 1.165) is 18.4 Å². The van der Waals surface area contributed by atoms with Gasteiger partial charge < -0.3 is 19.3 Å². The maximum Gasteiger partial charge on any atom is 0.249 e. The largest absolute Gasteiger partial charge is 0.493 e. The summed E-state index contributed by atoms with van der Waals surface area (Å²) in [5.74, 6) is 2.22. The first kappa shape index (κ1) is 15.3. The molecule has 1 heterocycles. The molecular formula is C16H19N3O4. The first-order chi connectivity index (χ1) is 11.1. The van der Waals surface area contributed by atoms with Crippen LogP contribution in [0.1, 0.15) is 31.7 Å². The Bertz CT molecular complexity index is 709. The van der Waals surface area contributed by atoms with E-state index in [-0.39, 0.29) is 17.9 Å². The van der Waals surface area contributed by atoms with Crippen molar-refractivity contribution in [2.24, 2.45) is 5.92 Å². The quantitative estimate of drug-likeness (QED) is 0.880. The van der Waals surface area contributed by atoms with Crippen LogP contribution in [0, 0.1) is 5.92 Å². The van der Waals surface area contributed by atoms with E-state index >= 15 is 0 Å². The zero-order chi connectivity index (χ0) is 16.4. The smallest absolute Gasteiger partial charge is 0.249 e. The summed E-state index contributed by atoms with van der Waals surface area (Å²) in [5, 5.41) is 6.86. The molecule has 122 valence electrons. The molecule has 1 amide bonds. The molecule has 3 rings (SSSR count). The molecule has 0 saturated heterocycles. The lowest BCUT2D eigenvalue weighted by atomic mass is 10.2. The van der Waals surface area contributed by atoms with E-state index < -0.39 is 0 Å². The summed E-state index contributed by atoms with van der Waals surface area (Å²) in [6.45, 7) is 1.83. The number of ether oxygens (including phenoxy) is 2. The summed E-state index contributed by atoms with van der Waals surface area (Å²) in [7, 11) is 3.15. The molecule has 23 heavy (non-hydrogen) atoms. The van der Waals surface area contributed by atoms with E-state index in [4.69, 9.17) is 14.0 Å². The zero-order valence-corrected chi connectivity index (χ0v) is 13.3. The van der Waals surface area contributed by atoms with Crippen LogP contribution < -0.4 is 14.8 Å². The third-order valence-electron chi connectivity index (χ3n) is 3.76. The Labute approximate surface area is 134 Å². The molecule has 0 bridgehead atoms. The number of methoxy groups -OCH3 is 2. The van der Waals surface area contributed by atoms with Gasteiger partial charge in [0.1, 0.15) is 6.04 Å². The van der Waals surface area contributed by atoms with Gasteiger partial charge in [-0.15, -0.1) is 0 Å². The van der Waals surface area contributed by atoms with Gasteiger partial charge in [-0.25, -0.2) is 0 Å². The van der Waals surface area contributed by atoms with Crippen molar-refractivity contribution in [1.82, 2.24) is 15.5 Å². The lowest BCUT2D eigenvalue weighted by Gasteiger charge is -2.08. The number of aromatic nitrogens is 2. The van der Waals surface area contributed by atoms with Crippen LogP contribution in [0.2, 0.25) is 0 Å². The normalized spacial score (nSPS) is 15.1. The van der Waals surface area contributed by atoms with Gasteiger partial charge >= 0.3 is 0 Å². The van der Waals surface area contributed by atoms with Crippen molar-refractivity contribution < 1.29 is 18.8 Å². The summed E-state index contributed by atoms with van der Waals surface area (Å²) in [4.78, 5) is 16.1. The van der Waals surface area contributed by atoms with Crippen molar-refractivity contribution in [3.63, 3.8) is 0 Å². The molecule has 1 N–H and O–H groups in total. The molecule has 0 spiro atoms. The summed E-state index contributed by atoms with van der Waals surface area (Å²) in [5.41, 5.74) is 0.748. The first-order valence-corrected chi connectivity index (χ1v) is 7.48. The lowest BCUT2D eigenvalue weighted by Crippen LogP contribution is -2.28. The molecule has 0 radical (unpaired) electrons. The molecule has 0 aliphatic heterocycles. The highest BCUT2D eigenvalue weighted by atomic mass is 16.5. The number of hydrogen-bond donors (Lipinski definition) is 1. The van der Waals surface area contributed by atoms with Gasteiger partial charge in [0.15, 0.2) is 11.5 Å². The number of nitrogens with zero attached hydrogens (tertiary/aromatic N) is 2. The van der Waals surface area contributed by atoms with Crippen LogP contribution in [-0.2, 0) is 4.79 Å². The third-order valence-corrected chi connectivity index (χ3v) is 3.76. The van der Waals surface area contributed by atoms with Crippen LogP contribution in [0.3, 0.4) is 0 Å². The average molecular weight is 317 g/mol. The Hall–Kier alpha value is -2.57. The second-order valence-electron chi connectivity index (χ2n) is 5.53. The monoisotopic (exact) mass is 317 g/mol. The Balaban J connectivity index is 1.76. The molecule has 1 aromatic heterocycles. The number of nitrogens with one attached hydrogen (secondary N) is 1. The van der Waals surface area contributed by atoms with Crippen LogP contribution in [0.4, 0.5) is 0 Å². The van der Waals surface area contributed by atoms with Crippen LogP contribution in [0.15, 0.2) is 22.7 Å². The molecular weight excluding hydrogens is 298 g/mol. The van der Waals surface area contributed by atoms with E-state index in [1.807, 2.05) is 13.0 Å². The predicted molar refractivity (Wildman–Crippen MR) is 82.1 cm³/mol. The SMILES string of the molecule is COc1ccc(-c2noc([C@@H](C)NC(=O)C3CC3)n2)cc1OC. The highest BCUT2D eigenvalue weighted by molar-refractivity contribution is 5.81. The van der Waals surface area contributed by atoms with Crippen molar-refractivity contribution in [3.8, 4) is 22.9 Å². The predicted octanol–water partition coefficient (Wildman–Crippen LogP) is 2.34. The molecule has 2 aromatic rings. The Kier molecular flexibility index (Phi) is 4.18. The van der Waals surface area contributed by atoms with E-state index in [1.165, 1.54) is 0 Å². The minimum atomic E-state index is -0.315. The highest BCUT2D eigenvalue weighted by Crippen LogP contribution is 2.32. The maximum absolute atomic E-state index is 11.8. The molecule has 1 saturated carbocycles. The van der Waals surface area contributed by atoms with Crippen LogP contribution in [-0.4, -0.2) is 30.3 Å². The molecule has 7 nitrogen and oxygen atoms in total. The molecule has 1 aliphatic carbocycles. The minimum absolute atomic E-state index is 0.0448. The second-order valence-corrected chi connectivity index (χ2v) is 5.53. The molecule has 0 unspecified atom stereocenters. The van der Waals surface area contributed by atoms with Gasteiger partial charge in [-0.1, -0.05) is 5.16 Å². The van der Waals surface area contributed by atoms with Crippen LogP contribution >= 0.6 is 0 Å². The van der Waals surface area contributed by atoms with Crippen molar-refractivity contribution in [3.05, 3.63) is 24.1 Å². The summed E-state index contributed by atoms with van der Waals surface area (Å²) < 4.78 is 15.7. The molecule has 1 aromatic carbocycles. The van der Waals surface area contributed by atoms with Crippen LogP contribution in [0.5, 0.6) is 11.5 Å². The summed E-state index contributed by atoms with van der Waals surface area (Å²) in [6.07, 6.45) is 1.92. The van der Waals surface area contributed by atoms with E-state index in [0.29, 0.717) is 23.2 Å². The zero-order valence-electron chi connectivity index (χ0n) is 13.3. The lowest BCUT2D eigenvalue weighted by molar-refractivity contribution is -0.123. The average Bonchev–Trinajstić information content (AvgIpc) is 3.31. The van der Waals surface area contributed by atoms with Gasteiger partial charge in [-0.3, -0.25) is 4.79 Å². The van der Waals surface area contributed by atoms with Gasteiger partial charge in [-0.05, 0) is 38.0 Å². The fourth-order valence-electron chi connectivity index (χ4n) is 2.24. The molecule has 1 aliphatic rings. The van der Waals surface area contributed by atoms with E-state index in [9.17, 15) is 4.79 Å². The topological polar surface area (TPSA) is 86.5 Å². The minimum Gasteiger partial charge on any atom is -0.493 e. The first-order valence-electron chi connectivity index (χ1n) is 7.48. The van der Waals surface area contributed by atoms with Crippen molar-refractivity contribution in [1.29, 1.82) is 0 Å². The Morgan fingerprint density at radius 3 is 2.70 bits per heavy atom. The summed E-state index contributed by atoms with van der Waals surface area (Å²) >= 11 is 0. The number of carbonyl (C=O) groups is 1. The summed E-state index contributed by atoms with van der Waals surface area (Å²) in [6, 6.07) is 5.07. The standard InChI is InChI=1S/C16H19N3O4/c1-9(17-15(20)10-4-5-10)16-18-14(19-23-16)11-6-7-12(21-2)13(8-11)22-3/h6-10H,4-5H2,1-3H3,(H,17,20)/t9-/m1/s1. The fraction of sp³-hybridized carbons (Fsp3) is 0.438. The number of carbonyl (C=O) groups excluding carboxylic acids is 1. The molecule has 1 fully saturated rings. The highest BCUT2D eigenvalue weighted by Gasteiger charge is 2.31. The number of amides is 1. The number of rotatable bonds is 6. The van der Waals surface area contributed by atoms with Gasteiger partial charge in [0.2, 0.25) is 17.6 Å². The van der Waals surface area contributed by atoms with Crippen molar-refractivity contribution in [2.75, 3.05) is 14.2 Å². The van der Waals surface area contributed by atoms with E-state index in [2.05, 4.69) is 15.5 Å². The van der Waals surface area contributed by atoms with Gasteiger partial charge in [0.05, 0.1) is 14.2 Å². The number of benzene rings is 1. The Morgan fingerprint density at radius 2 is 2.04 bits per heavy atom. The maximum atomic E-state index is 11.8. The molecule has 1 atom stereocenters. The third kappa shape index (κ3) is 3.28. The van der Waals surface area contributed by atoms with Gasteiger partial charge in [-0.2, -0.15) is 4.98 Å². The van der Waals surface area contributed by atoms with Crippen LogP contribution in [0.25, 0.3) is 11.4 Å². The van der Waals surface area contributed by atoms with Crippen molar-refractivity contribution in [2.45, 2.75) is 25.8 Å². The Morgan fingerprint density at radius 1 is 1.30 bits per heavy atom. The van der Waals surface area contributed by atoms with Crippen molar-refractivity contribution >= 4 is 5.91 Å². The van der Waals surface area contributed by atoms with Gasteiger partial charge in [0, 0.05) is 11.5 Å². The van der Waals surface area contributed by atoms with E-state index in [1.54, 1.807) is 26.4 Å². The number of hydrogen-bond acceptors (Lipinski definition) is 6. The molecule has 7 heteroatoms. The van der Waals surface area contributed by atoms with Gasteiger partial charge in [0.25, 0.3) is 0 Å². The fourth-order valence-corrected chi connectivity index (χ4v) is 2.24.